The second kappa shape index (κ2) is 12.8. The van der Waals surface area contributed by atoms with Gasteiger partial charge in [-0.05, 0) is 85.9 Å². The number of hydrogen-bond acceptors (Lipinski definition) is 8. The van der Waals surface area contributed by atoms with E-state index in [1.807, 2.05) is 24.3 Å². The molecular formula is C36H40FN3O4S2. The summed E-state index contributed by atoms with van der Waals surface area (Å²) in [6.45, 7) is 2.22. The zero-order valence-corrected chi connectivity index (χ0v) is 27.7. The standard InChI is InChI=1S/C36H40FN3O4S2/c37-31-10-7-26(21-30(31)24-11-17-44-18-12-24)35-39-33(29-4-2-1-3-28(29)32(41)22-36(23-38)13-14-36)34(45-35)25-5-8-27(9-6-25)40-15-19-46(42,43)20-16-40/h5-10,21,24,28-29H,1-4,11-20,22H2/t28-,29-/m1/s1. The number of thiazole rings is 1. The van der Waals surface area contributed by atoms with Gasteiger partial charge >= 0.3 is 0 Å². The van der Waals surface area contributed by atoms with Gasteiger partial charge in [-0.2, -0.15) is 5.26 Å². The van der Waals surface area contributed by atoms with Crippen LogP contribution in [0, 0.1) is 28.5 Å². The summed E-state index contributed by atoms with van der Waals surface area (Å²) in [6, 6.07) is 16.0. The highest BCUT2D eigenvalue weighted by Crippen LogP contribution is 2.52. The van der Waals surface area contributed by atoms with E-state index in [9.17, 15) is 18.5 Å². The lowest BCUT2D eigenvalue weighted by atomic mass is 9.73. The first-order valence-corrected chi connectivity index (χ1v) is 19.3. The summed E-state index contributed by atoms with van der Waals surface area (Å²) in [4.78, 5) is 22.2. The summed E-state index contributed by atoms with van der Waals surface area (Å²) >= 11 is 1.59. The van der Waals surface area contributed by atoms with E-state index in [2.05, 4.69) is 23.1 Å². The van der Waals surface area contributed by atoms with Crippen molar-refractivity contribution in [3.8, 4) is 27.1 Å². The first-order valence-electron chi connectivity index (χ1n) is 16.6. The van der Waals surface area contributed by atoms with Crippen molar-refractivity contribution in [1.82, 2.24) is 4.98 Å². The summed E-state index contributed by atoms with van der Waals surface area (Å²) in [5.74, 6) is 0.206. The number of Topliss-reactive ketones (excluding diaryl/α,β-unsaturated/α-hetero) is 1. The molecule has 7 rings (SSSR count). The van der Waals surface area contributed by atoms with Gasteiger partial charge in [0.25, 0.3) is 0 Å². The van der Waals surface area contributed by atoms with E-state index in [0.717, 1.165) is 83.8 Å². The summed E-state index contributed by atoms with van der Waals surface area (Å²) in [5, 5.41) is 10.5. The Hall–Kier alpha value is -3.13. The Bertz CT molecular complexity index is 1740. The number of rotatable bonds is 8. The Morgan fingerprint density at radius 2 is 1.72 bits per heavy atom. The number of nitriles is 1. The smallest absolute Gasteiger partial charge is 0.153 e. The predicted molar refractivity (Wildman–Crippen MR) is 178 cm³/mol. The van der Waals surface area contributed by atoms with E-state index in [1.54, 1.807) is 17.4 Å². The molecule has 2 aromatic carbocycles. The van der Waals surface area contributed by atoms with Gasteiger partial charge in [-0.3, -0.25) is 4.79 Å². The second-order valence-corrected chi connectivity index (χ2v) is 16.9. The molecule has 0 spiro atoms. The van der Waals surface area contributed by atoms with Crippen LogP contribution in [0.4, 0.5) is 10.1 Å². The third-order valence-corrected chi connectivity index (χ3v) is 13.3. The summed E-state index contributed by atoms with van der Waals surface area (Å²) in [5.41, 5.74) is 4.03. The molecule has 4 aliphatic rings. The molecular weight excluding hydrogens is 622 g/mol. The first kappa shape index (κ1) is 31.5. The van der Waals surface area contributed by atoms with Crippen molar-refractivity contribution in [1.29, 1.82) is 5.26 Å². The molecule has 3 heterocycles. The average Bonchev–Trinajstić information content (AvgIpc) is 3.72. The SMILES string of the molecule is N#CC1(CC(=O)[C@@H]2CCCC[C@H]2c2nc(-c3ccc(F)c(C4CCOCC4)c3)sc2-c2ccc(N3CCS(=O)(=O)CC3)cc2)CC1. The molecule has 0 bridgehead atoms. The molecule has 2 saturated heterocycles. The van der Waals surface area contributed by atoms with Crippen molar-refractivity contribution >= 4 is 32.6 Å². The van der Waals surface area contributed by atoms with Crippen LogP contribution in [0.25, 0.3) is 21.0 Å². The molecule has 0 unspecified atom stereocenters. The van der Waals surface area contributed by atoms with Crippen LogP contribution in [-0.2, 0) is 19.4 Å². The van der Waals surface area contributed by atoms with Gasteiger partial charge in [0.1, 0.15) is 16.6 Å². The van der Waals surface area contributed by atoms with Gasteiger partial charge in [0.2, 0.25) is 0 Å². The highest BCUT2D eigenvalue weighted by molar-refractivity contribution is 7.91. The Labute approximate surface area is 274 Å². The van der Waals surface area contributed by atoms with Gasteiger partial charge in [0, 0.05) is 55.8 Å². The molecule has 4 fully saturated rings. The van der Waals surface area contributed by atoms with Gasteiger partial charge in [0.15, 0.2) is 9.84 Å². The molecule has 46 heavy (non-hydrogen) atoms. The van der Waals surface area contributed by atoms with Crippen LogP contribution in [0.3, 0.4) is 0 Å². The molecule has 0 N–H and O–H groups in total. The van der Waals surface area contributed by atoms with Gasteiger partial charge < -0.3 is 9.64 Å². The number of carbonyl (C=O) groups excluding carboxylic acids is 1. The number of ketones is 1. The molecule has 1 aromatic heterocycles. The number of anilines is 1. The van der Waals surface area contributed by atoms with E-state index < -0.39 is 15.3 Å². The monoisotopic (exact) mass is 661 g/mol. The second-order valence-electron chi connectivity index (χ2n) is 13.6. The van der Waals surface area contributed by atoms with E-state index in [4.69, 9.17) is 9.72 Å². The van der Waals surface area contributed by atoms with Crippen molar-refractivity contribution in [3.05, 3.63) is 59.5 Å². The number of benzene rings is 2. The molecule has 0 amide bonds. The van der Waals surface area contributed by atoms with Crippen LogP contribution >= 0.6 is 11.3 Å². The lowest BCUT2D eigenvalue weighted by Crippen LogP contribution is -2.40. The Balaban J connectivity index is 1.25. The zero-order valence-electron chi connectivity index (χ0n) is 26.0. The predicted octanol–water partition coefficient (Wildman–Crippen LogP) is 7.28. The van der Waals surface area contributed by atoms with E-state index in [1.165, 1.54) is 0 Å². The first-order chi connectivity index (χ1) is 22.2. The van der Waals surface area contributed by atoms with Gasteiger partial charge in [-0.25, -0.2) is 17.8 Å². The molecule has 2 atom stereocenters. The molecule has 242 valence electrons. The van der Waals surface area contributed by atoms with Crippen LogP contribution in [0.5, 0.6) is 0 Å². The molecule has 10 heteroatoms. The van der Waals surface area contributed by atoms with Crippen LogP contribution < -0.4 is 4.90 Å². The lowest BCUT2D eigenvalue weighted by molar-refractivity contribution is -0.125. The van der Waals surface area contributed by atoms with Gasteiger partial charge in [-0.1, -0.05) is 25.0 Å². The molecule has 7 nitrogen and oxygen atoms in total. The number of hydrogen-bond donors (Lipinski definition) is 0. The van der Waals surface area contributed by atoms with Crippen molar-refractivity contribution in [2.45, 2.75) is 69.6 Å². The largest absolute Gasteiger partial charge is 0.381 e. The minimum atomic E-state index is -2.97. The van der Waals surface area contributed by atoms with Gasteiger partial charge in [0.05, 0.1) is 33.6 Å². The summed E-state index contributed by atoms with van der Waals surface area (Å²) < 4.78 is 44.6. The molecule has 3 aromatic rings. The zero-order chi connectivity index (χ0) is 31.9. The van der Waals surface area contributed by atoms with Crippen LogP contribution in [-0.4, -0.2) is 57.0 Å². The van der Waals surface area contributed by atoms with Crippen LogP contribution in [0.15, 0.2) is 42.5 Å². The minimum absolute atomic E-state index is 0.0434. The number of halogens is 1. The fraction of sp³-hybridized carbons (Fsp3) is 0.528. The summed E-state index contributed by atoms with van der Waals surface area (Å²) in [7, 11) is -2.97. The van der Waals surface area contributed by atoms with Crippen molar-refractivity contribution in [3.63, 3.8) is 0 Å². The number of ether oxygens (including phenoxy) is 1. The third-order valence-electron chi connectivity index (χ3n) is 10.5. The van der Waals surface area contributed by atoms with Crippen molar-refractivity contribution in [2.75, 3.05) is 42.7 Å². The number of carbonyl (C=O) groups is 1. The normalized spacial score (nSPS) is 24.3. The highest BCUT2D eigenvalue weighted by Gasteiger charge is 2.47. The van der Waals surface area contributed by atoms with E-state index in [0.29, 0.717) is 38.3 Å². The summed E-state index contributed by atoms with van der Waals surface area (Å²) in [6.07, 6.45) is 7.19. The number of nitrogens with zero attached hydrogens (tertiary/aromatic N) is 3. The fourth-order valence-electron chi connectivity index (χ4n) is 7.49. The Morgan fingerprint density at radius 3 is 2.41 bits per heavy atom. The fourth-order valence-corrected chi connectivity index (χ4v) is 9.83. The van der Waals surface area contributed by atoms with E-state index in [-0.39, 0.29) is 40.9 Å². The Morgan fingerprint density at radius 1 is 1.02 bits per heavy atom. The third kappa shape index (κ3) is 6.51. The molecule has 0 radical (unpaired) electrons. The average molecular weight is 662 g/mol. The molecule has 2 aliphatic heterocycles. The highest BCUT2D eigenvalue weighted by atomic mass is 32.2. The van der Waals surface area contributed by atoms with Crippen molar-refractivity contribution < 1.29 is 22.3 Å². The maximum Gasteiger partial charge on any atom is 0.153 e. The van der Waals surface area contributed by atoms with Gasteiger partial charge in [-0.15, -0.1) is 11.3 Å². The van der Waals surface area contributed by atoms with Crippen molar-refractivity contribution in [2.24, 2.45) is 11.3 Å². The minimum Gasteiger partial charge on any atom is -0.381 e. The quantitative estimate of drug-likeness (QED) is 0.250. The maximum absolute atomic E-state index is 15.1. The van der Waals surface area contributed by atoms with E-state index >= 15 is 4.39 Å². The lowest BCUT2D eigenvalue weighted by Gasteiger charge is -2.31. The van der Waals surface area contributed by atoms with Crippen LogP contribution in [0.1, 0.15) is 80.9 Å². The number of aromatic nitrogens is 1. The Kier molecular flexibility index (Phi) is 8.77. The number of sulfone groups is 1. The topological polar surface area (TPSA) is 100 Å². The molecule has 2 aliphatic carbocycles. The maximum atomic E-state index is 15.1. The molecule has 2 saturated carbocycles. The van der Waals surface area contributed by atoms with Crippen LogP contribution in [0.2, 0.25) is 0 Å².